The highest BCUT2D eigenvalue weighted by atomic mass is 19.1. The van der Waals surface area contributed by atoms with Crippen molar-refractivity contribution in [3.63, 3.8) is 0 Å². The van der Waals surface area contributed by atoms with Crippen molar-refractivity contribution in [2.45, 2.75) is 13.8 Å². The molecule has 0 aliphatic rings. The second kappa shape index (κ2) is 2.58. The predicted molar refractivity (Wildman–Crippen MR) is 30.4 cm³/mol. The smallest absolute Gasteiger partial charge is 0.240 e. The zero-order chi connectivity index (χ0) is 7.49. The van der Waals surface area contributed by atoms with Gasteiger partial charge >= 0.3 is 0 Å². The van der Waals surface area contributed by atoms with E-state index in [0.717, 1.165) is 0 Å². The normalized spacial score (nSPS) is 10.4. The van der Waals surface area contributed by atoms with Crippen LogP contribution in [0.5, 0.6) is 0 Å². The second-order valence-electron chi connectivity index (χ2n) is 2.46. The number of carbonyl (C=O) groups excluding carboxylic acids is 1. The molecular weight excluding hydrogens is 121 g/mol. The lowest BCUT2D eigenvalue weighted by Gasteiger charge is -2.12. The van der Waals surface area contributed by atoms with Gasteiger partial charge in [-0.3, -0.25) is 4.79 Å². The van der Waals surface area contributed by atoms with Crippen molar-refractivity contribution in [2.75, 3.05) is 6.67 Å². The summed E-state index contributed by atoms with van der Waals surface area (Å²) in [6.45, 7) is 2.02. The van der Waals surface area contributed by atoms with Crippen LogP contribution in [-0.4, -0.2) is 12.5 Å². The van der Waals surface area contributed by atoms with Crippen LogP contribution in [0.2, 0.25) is 0 Å². The number of ketones is 1. The van der Waals surface area contributed by atoms with Crippen LogP contribution in [0.1, 0.15) is 13.8 Å². The molecule has 0 aliphatic heterocycles. The average Bonchev–Trinajstić information content (AvgIpc) is 1.86. The van der Waals surface area contributed by atoms with Crippen molar-refractivity contribution in [3.05, 3.63) is 0 Å². The number of hydrogen-bond acceptors (Lipinski definition) is 2. The minimum Gasteiger partial charge on any atom is -0.282 e. The van der Waals surface area contributed by atoms with Crippen molar-refractivity contribution in [2.24, 2.45) is 5.41 Å². The molecule has 0 amide bonds. The highest BCUT2D eigenvalue weighted by Gasteiger charge is 2.26. The lowest BCUT2D eigenvalue weighted by atomic mass is 9.91. The number of nitriles is 1. The van der Waals surface area contributed by atoms with Gasteiger partial charge in [0.2, 0.25) is 5.78 Å². The zero-order valence-electron chi connectivity index (χ0n) is 5.44. The molecule has 0 rings (SSSR count). The fourth-order valence-corrected chi connectivity index (χ4v) is 0.212. The quantitative estimate of drug-likeness (QED) is 0.523. The van der Waals surface area contributed by atoms with Crippen molar-refractivity contribution in [1.82, 2.24) is 0 Å². The first kappa shape index (κ1) is 8.09. The highest BCUT2D eigenvalue weighted by Crippen LogP contribution is 2.15. The Balaban J connectivity index is 4.19. The summed E-state index contributed by atoms with van der Waals surface area (Å²) in [6.07, 6.45) is 0. The van der Waals surface area contributed by atoms with Gasteiger partial charge in [0.1, 0.15) is 12.7 Å². The first-order valence-corrected chi connectivity index (χ1v) is 2.55. The summed E-state index contributed by atoms with van der Waals surface area (Å²) in [7, 11) is 0. The van der Waals surface area contributed by atoms with E-state index in [9.17, 15) is 9.18 Å². The fraction of sp³-hybridized carbons (Fsp3) is 0.667. The molecule has 0 N–H and O–H groups in total. The average molecular weight is 129 g/mol. The molecule has 0 bridgehead atoms. The molecule has 9 heavy (non-hydrogen) atoms. The van der Waals surface area contributed by atoms with Gasteiger partial charge < -0.3 is 0 Å². The Morgan fingerprint density at radius 1 is 1.78 bits per heavy atom. The first-order chi connectivity index (χ1) is 4.04. The van der Waals surface area contributed by atoms with Crippen LogP contribution < -0.4 is 0 Å². The van der Waals surface area contributed by atoms with Crippen molar-refractivity contribution in [1.29, 1.82) is 5.26 Å². The number of alkyl halides is 1. The molecule has 0 saturated heterocycles. The molecular formula is C6H8FNO. The highest BCUT2D eigenvalue weighted by molar-refractivity contribution is 5.97. The minimum absolute atomic E-state index is 0.704. The predicted octanol–water partition coefficient (Wildman–Crippen LogP) is 1.07. The van der Waals surface area contributed by atoms with Gasteiger partial charge in [0, 0.05) is 0 Å². The third-order valence-electron chi connectivity index (χ3n) is 1.05. The summed E-state index contributed by atoms with van der Waals surface area (Å²) in [5.41, 5.74) is -1.12. The molecule has 50 valence electrons. The molecule has 3 heteroatoms. The maximum absolute atomic E-state index is 11.8. The number of carbonyl (C=O) groups is 1. The van der Waals surface area contributed by atoms with E-state index >= 15 is 0 Å². The Morgan fingerprint density at radius 2 is 2.22 bits per heavy atom. The Hall–Kier alpha value is -0.910. The molecule has 2 nitrogen and oxygen atoms in total. The van der Waals surface area contributed by atoms with Crippen LogP contribution in [0.4, 0.5) is 4.39 Å². The number of Topliss-reactive ketones (excluding diaryl/α,β-unsaturated/α-hetero) is 1. The SMILES string of the molecule is CC(C)(CF)C(=O)C#N. The van der Waals surface area contributed by atoms with Gasteiger partial charge in [0.15, 0.2) is 0 Å². The summed E-state index contributed by atoms with van der Waals surface area (Å²) in [6, 6.07) is 1.38. The van der Waals surface area contributed by atoms with Gasteiger partial charge in [-0.2, -0.15) is 5.26 Å². The van der Waals surface area contributed by atoms with E-state index < -0.39 is 17.9 Å². The van der Waals surface area contributed by atoms with Crippen LogP contribution in [0.15, 0.2) is 0 Å². The molecule has 0 radical (unpaired) electrons. The van der Waals surface area contributed by atoms with Gasteiger partial charge in [0.05, 0.1) is 5.41 Å². The van der Waals surface area contributed by atoms with Crippen LogP contribution in [-0.2, 0) is 4.79 Å². The number of halogens is 1. The summed E-state index contributed by atoms with van der Waals surface area (Å²) in [4.78, 5) is 10.5. The lowest BCUT2D eigenvalue weighted by molar-refractivity contribution is -0.122. The van der Waals surface area contributed by atoms with E-state index in [1.807, 2.05) is 0 Å². The van der Waals surface area contributed by atoms with E-state index in [-0.39, 0.29) is 0 Å². The maximum Gasteiger partial charge on any atom is 0.240 e. The Labute approximate surface area is 53.3 Å². The first-order valence-electron chi connectivity index (χ1n) is 2.55. The summed E-state index contributed by atoms with van der Waals surface area (Å²) >= 11 is 0. The van der Waals surface area contributed by atoms with Gasteiger partial charge in [-0.25, -0.2) is 4.39 Å². The summed E-state index contributed by atoms with van der Waals surface area (Å²) in [5.74, 6) is -0.704. The molecule has 0 fully saturated rings. The molecule has 0 atom stereocenters. The van der Waals surface area contributed by atoms with Gasteiger partial charge in [-0.15, -0.1) is 0 Å². The van der Waals surface area contributed by atoms with E-state index in [4.69, 9.17) is 5.26 Å². The molecule has 0 aromatic heterocycles. The molecule has 0 aliphatic carbocycles. The zero-order valence-corrected chi connectivity index (χ0v) is 5.44. The molecule has 0 aromatic carbocycles. The third kappa shape index (κ3) is 1.80. The van der Waals surface area contributed by atoms with Crippen LogP contribution >= 0.6 is 0 Å². The van der Waals surface area contributed by atoms with Crippen molar-refractivity contribution < 1.29 is 9.18 Å². The summed E-state index contributed by atoms with van der Waals surface area (Å²) in [5, 5.41) is 8.04. The van der Waals surface area contributed by atoms with Crippen LogP contribution in [0.3, 0.4) is 0 Å². The van der Waals surface area contributed by atoms with E-state index in [1.54, 1.807) is 0 Å². The monoisotopic (exact) mass is 129 g/mol. The molecule has 0 saturated carbocycles. The largest absolute Gasteiger partial charge is 0.282 e. The van der Waals surface area contributed by atoms with Gasteiger partial charge in [-0.1, -0.05) is 0 Å². The topological polar surface area (TPSA) is 40.9 Å². The minimum atomic E-state index is -1.12. The number of hydrogen-bond donors (Lipinski definition) is 0. The van der Waals surface area contributed by atoms with E-state index in [0.29, 0.717) is 0 Å². The lowest BCUT2D eigenvalue weighted by Crippen LogP contribution is -2.24. The van der Waals surface area contributed by atoms with Gasteiger partial charge in [0.25, 0.3) is 0 Å². The molecule has 0 aromatic rings. The van der Waals surface area contributed by atoms with E-state index in [1.165, 1.54) is 19.9 Å². The number of rotatable bonds is 2. The van der Waals surface area contributed by atoms with Crippen molar-refractivity contribution >= 4 is 5.78 Å². The number of nitrogens with zero attached hydrogens (tertiary/aromatic N) is 1. The van der Waals surface area contributed by atoms with Crippen LogP contribution in [0.25, 0.3) is 0 Å². The second-order valence-corrected chi connectivity index (χ2v) is 2.46. The van der Waals surface area contributed by atoms with E-state index in [2.05, 4.69) is 0 Å². The van der Waals surface area contributed by atoms with Crippen molar-refractivity contribution in [3.8, 4) is 6.07 Å². The Kier molecular flexibility index (Phi) is 2.32. The third-order valence-corrected chi connectivity index (χ3v) is 1.05. The fourth-order valence-electron chi connectivity index (χ4n) is 0.212. The molecule has 0 spiro atoms. The summed E-state index contributed by atoms with van der Waals surface area (Å²) < 4.78 is 11.8. The Morgan fingerprint density at radius 3 is 2.33 bits per heavy atom. The maximum atomic E-state index is 11.8. The van der Waals surface area contributed by atoms with Gasteiger partial charge in [-0.05, 0) is 13.8 Å². The van der Waals surface area contributed by atoms with Crippen LogP contribution in [0, 0.1) is 16.7 Å². The Bertz CT molecular complexity index is 157. The standard InChI is InChI=1S/C6H8FNO/c1-6(2,4-7)5(9)3-8/h4H2,1-2H3. The molecule has 0 heterocycles. The molecule has 0 unspecified atom stereocenters.